The molecule has 0 bridgehead atoms. The van der Waals surface area contributed by atoms with Crippen LogP contribution in [0, 0.1) is 0 Å². The normalized spacial score (nSPS) is 22.1. The van der Waals surface area contributed by atoms with Gasteiger partial charge in [0.15, 0.2) is 0 Å². The molecule has 1 atom stereocenters. The third kappa shape index (κ3) is 3.75. The van der Waals surface area contributed by atoms with Crippen molar-refractivity contribution in [1.29, 1.82) is 0 Å². The molecule has 0 spiro atoms. The third-order valence-corrected chi connectivity index (χ3v) is 6.52. The highest BCUT2D eigenvalue weighted by Crippen LogP contribution is 2.29. The van der Waals surface area contributed by atoms with Crippen molar-refractivity contribution in [1.82, 2.24) is 20.1 Å². The van der Waals surface area contributed by atoms with Crippen molar-refractivity contribution in [3.8, 4) is 0 Å². The minimum absolute atomic E-state index is 0.0311. The number of hydrogen-bond acceptors (Lipinski definition) is 5. The molecule has 1 aromatic carbocycles. The van der Waals surface area contributed by atoms with Gasteiger partial charge in [-0.3, -0.25) is 4.79 Å². The molecule has 1 amide bonds. The van der Waals surface area contributed by atoms with Crippen molar-refractivity contribution in [2.24, 2.45) is 0 Å². The zero-order chi connectivity index (χ0) is 19.6. The summed E-state index contributed by atoms with van der Waals surface area (Å²) < 4.78 is 7.80. The highest BCUT2D eigenvalue weighted by atomic mass is 16.5. The van der Waals surface area contributed by atoms with E-state index in [1.165, 1.54) is 5.56 Å². The molecule has 1 unspecified atom stereocenters. The van der Waals surface area contributed by atoms with Gasteiger partial charge in [-0.25, -0.2) is 0 Å². The van der Waals surface area contributed by atoms with E-state index >= 15 is 0 Å². The topological polar surface area (TPSA) is 81.1 Å². The number of aromatic nitrogens is 3. The fourth-order valence-electron chi connectivity index (χ4n) is 4.87. The highest BCUT2D eigenvalue weighted by Gasteiger charge is 2.27. The van der Waals surface area contributed by atoms with Crippen LogP contribution in [0.2, 0.25) is 0 Å². The highest BCUT2D eigenvalue weighted by molar-refractivity contribution is 6.00. The smallest absolute Gasteiger partial charge is 0.253 e. The van der Waals surface area contributed by atoms with Crippen molar-refractivity contribution >= 4 is 11.6 Å². The summed E-state index contributed by atoms with van der Waals surface area (Å²) in [7, 11) is 0. The number of ether oxygens (including phenoxy) is 1. The number of fused-ring (bicyclic) bond motifs is 2. The first kappa shape index (κ1) is 18.6. The summed E-state index contributed by atoms with van der Waals surface area (Å²) in [6, 6.07) is 6.20. The Morgan fingerprint density at radius 1 is 1.14 bits per heavy atom. The van der Waals surface area contributed by atoms with Crippen molar-refractivity contribution < 1.29 is 9.53 Å². The van der Waals surface area contributed by atoms with Crippen LogP contribution in [0.1, 0.15) is 65.6 Å². The average molecular weight is 396 g/mol. The monoisotopic (exact) mass is 395 g/mol. The number of rotatable bonds is 3. The molecule has 154 valence electrons. The molecule has 0 saturated carbocycles. The Morgan fingerprint density at radius 2 is 2.03 bits per heavy atom. The van der Waals surface area contributed by atoms with E-state index in [1.54, 1.807) is 0 Å². The van der Waals surface area contributed by atoms with Gasteiger partial charge in [-0.15, -0.1) is 10.2 Å². The van der Waals surface area contributed by atoms with Gasteiger partial charge in [0.1, 0.15) is 11.6 Å². The first-order chi connectivity index (χ1) is 14.3. The van der Waals surface area contributed by atoms with E-state index < -0.39 is 0 Å². The Bertz CT molecular complexity index is 887. The maximum Gasteiger partial charge on any atom is 0.253 e. The molecule has 1 saturated heterocycles. The maximum atomic E-state index is 13.0. The molecule has 5 rings (SSSR count). The van der Waals surface area contributed by atoms with E-state index in [-0.39, 0.29) is 11.9 Å². The summed E-state index contributed by atoms with van der Waals surface area (Å²) in [6.07, 6.45) is 6.86. The van der Waals surface area contributed by atoms with E-state index in [9.17, 15) is 4.79 Å². The number of para-hydroxylation sites is 1. The van der Waals surface area contributed by atoms with Gasteiger partial charge in [-0.2, -0.15) is 0 Å². The SMILES string of the molecule is O=C(NC1CCc2nnc(C3CCOCC3)n2CC1)c1cccc2c1NCCC2. The lowest BCUT2D eigenvalue weighted by Crippen LogP contribution is -2.36. The molecule has 7 nitrogen and oxygen atoms in total. The average Bonchev–Trinajstić information content (AvgIpc) is 3.08. The van der Waals surface area contributed by atoms with Gasteiger partial charge < -0.3 is 19.9 Å². The van der Waals surface area contributed by atoms with Crippen LogP contribution in [0.5, 0.6) is 0 Å². The summed E-state index contributed by atoms with van der Waals surface area (Å²) in [5.41, 5.74) is 3.04. The molecule has 2 N–H and O–H groups in total. The van der Waals surface area contributed by atoms with Gasteiger partial charge in [-0.05, 0) is 50.2 Å². The van der Waals surface area contributed by atoms with E-state index in [4.69, 9.17) is 4.74 Å². The lowest BCUT2D eigenvalue weighted by molar-refractivity contribution is 0.0826. The van der Waals surface area contributed by atoms with Crippen LogP contribution in [-0.4, -0.2) is 46.5 Å². The number of benzene rings is 1. The largest absolute Gasteiger partial charge is 0.384 e. The number of nitrogens with zero attached hydrogens (tertiary/aromatic N) is 3. The number of hydrogen-bond donors (Lipinski definition) is 2. The minimum Gasteiger partial charge on any atom is -0.384 e. The second-order valence-corrected chi connectivity index (χ2v) is 8.38. The van der Waals surface area contributed by atoms with Crippen molar-refractivity contribution in [3.63, 3.8) is 0 Å². The standard InChI is InChI=1S/C22H29N5O2/c28-22(18-5-1-3-15-4-2-11-23-20(15)18)24-17-6-7-19-25-26-21(27(19)12-8-17)16-9-13-29-14-10-16/h1,3,5,16-17,23H,2,4,6-14H2,(H,24,28). The van der Waals surface area contributed by atoms with Gasteiger partial charge in [0.2, 0.25) is 0 Å². The molecule has 1 aromatic heterocycles. The molecule has 3 aliphatic rings. The molecule has 1 fully saturated rings. The molecular formula is C22H29N5O2. The Morgan fingerprint density at radius 3 is 2.93 bits per heavy atom. The Kier molecular flexibility index (Phi) is 5.23. The van der Waals surface area contributed by atoms with Crippen LogP contribution in [0.25, 0.3) is 0 Å². The van der Waals surface area contributed by atoms with Gasteiger partial charge in [0.25, 0.3) is 5.91 Å². The Labute approximate surface area is 171 Å². The summed E-state index contributed by atoms with van der Waals surface area (Å²) in [5.74, 6) is 2.64. The van der Waals surface area contributed by atoms with E-state index in [0.717, 1.165) is 94.1 Å². The fraction of sp³-hybridized carbons (Fsp3) is 0.591. The molecule has 29 heavy (non-hydrogen) atoms. The maximum absolute atomic E-state index is 13.0. The van der Waals surface area contributed by atoms with Gasteiger partial charge >= 0.3 is 0 Å². The van der Waals surface area contributed by atoms with E-state index in [1.807, 2.05) is 12.1 Å². The van der Waals surface area contributed by atoms with Gasteiger partial charge in [0.05, 0.1) is 11.3 Å². The van der Waals surface area contributed by atoms with Crippen LogP contribution in [0.3, 0.4) is 0 Å². The number of carbonyl (C=O) groups excluding carboxylic acids is 1. The number of anilines is 1. The zero-order valence-electron chi connectivity index (χ0n) is 16.8. The summed E-state index contributed by atoms with van der Waals surface area (Å²) in [4.78, 5) is 13.0. The van der Waals surface area contributed by atoms with Crippen molar-refractivity contribution in [2.45, 2.75) is 63.5 Å². The Hall–Kier alpha value is -2.41. The molecule has 0 aliphatic carbocycles. The summed E-state index contributed by atoms with van der Waals surface area (Å²) in [6.45, 7) is 3.41. The molecule has 2 aromatic rings. The minimum atomic E-state index is 0.0311. The number of nitrogens with one attached hydrogen (secondary N) is 2. The summed E-state index contributed by atoms with van der Waals surface area (Å²) >= 11 is 0. The van der Waals surface area contributed by atoms with E-state index in [2.05, 4.69) is 31.5 Å². The van der Waals surface area contributed by atoms with Gasteiger partial charge in [0, 0.05) is 44.7 Å². The molecule has 7 heteroatoms. The Balaban J connectivity index is 1.27. The van der Waals surface area contributed by atoms with Crippen LogP contribution in [0.4, 0.5) is 5.69 Å². The van der Waals surface area contributed by atoms with Crippen LogP contribution >= 0.6 is 0 Å². The summed E-state index contributed by atoms with van der Waals surface area (Å²) in [5, 5.41) is 15.7. The lowest BCUT2D eigenvalue weighted by Gasteiger charge is -2.23. The number of aryl methyl sites for hydroxylation is 2. The third-order valence-electron chi connectivity index (χ3n) is 6.52. The number of amides is 1. The predicted molar refractivity (Wildman–Crippen MR) is 110 cm³/mol. The van der Waals surface area contributed by atoms with Crippen molar-refractivity contribution in [2.75, 3.05) is 25.1 Å². The molecular weight excluding hydrogens is 366 g/mol. The number of carbonyl (C=O) groups is 1. The first-order valence-electron chi connectivity index (χ1n) is 11.0. The fourth-order valence-corrected chi connectivity index (χ4v) is 4.87. The second kappa shape index (κ2) is 8.14. The van der Waals surface area contributed by atoms with Crippen LogP contribution in [-0.2, 0) is 24.1 Å². The second-order valence-electron chi connectivity index (χ2n) is 8.38. The molecule has 3 aliphatic heterocycles. The van der Waals surface area contributed by atoms with Gasteiger partial charge in [-0.1, -0.05) is 12.1 Å². The van der Waals surface area contributed by atoms with Crippen LogP contribution in [0.15, 0.2) is 18.2 Å². The quantitative estimate of drug-likeness (QED) is 0.835. The van der Waals surface area contributed by atoms with Crippen LogP contribution < -0.4 is 10.6 Å². The zero-order valence-corrected chi connectivity index (χ0v) is 16.8. The molecule has 4 heterocycles. The molecule has 0 radical (unpaired) electrons. The van der Waals surface area contributed by atoms with E-state index in [0.29, 0.717) is 5.92 Å². The first-order valence-corrected chi connectivity index (χ1v) is 11.0. The van der Waals surface area contributed by atoms with Crippen molar-refractivity contribution in [3.05, 3.63) is 41.0 Å². The lowest BCUT2D eigenvalue weighted by atomic mass is 9.98. The predicted octanol–water partition coefficient (Wildman–Crippen LogP) is 2.67.